The third-order valence-electron chi connectivity index (χ3n) is 2.71. The van der Waals surface area contributed by atoms with E-state index in [-0.39, 0.29) is 10.9 Å². The van der Waals surface area contributed by atoms with E-state index in [1.165, 1.54) is 16.8 Å². The largest absolute Gasteiger partial charge is 0.437 e. The first-order valence-corrected chi connectivity index (χ1v) is 6.23. The van der Waals surface area contributed by atoms with Crippen LogP contribution >= 0.6 is 11.6 Å². The van der Waals surface area contributed by atoms with E-state index < -0.39 is 5.82 Å². The summed E-state index contributed by atoms with van der Waals surface area (Å²) in [4.78, 5) is 0. The summed E-state index contributed by atoms with van der Waals surface area (Å²) in [6.07, 6.45) is 0. The molecule has 0 amide bonds. The Morgan fingerprint density at radius 1 is 1.42 bits per heavy atom. The van der Waals surface area contributed by atoms with Gasteiger partial charge in [0.25, 0.3) is 0 Å². The van der Waals surface area contributed by atoms with Crippen molar-refractivity contribution in [1.82, 2.24) is 9.78 Å². The third kappa shape index (κ3) is 2.66. The lowest BCUT2D eigenvalue weighted by atomic mass is 10.1. The third-order valence-corrected chi connectivity index (χ3v) is 3.02. The molecular formula is C13H15ClFN3O. The summed E-state index contributed by atoms with van der Waals surface area (Å²) in [5, 5.41) is 4.34. The van der Waals surface area contributed by atoms with Crippen molar-refractivity contribution in [3.63, 3.8) is 0 Å². The van der Waals surface area contributed by atoms with Crippen molar-refractivity contribution >= 4 is 17.3 Å². The Kier molecular flexibility index (Phi) is 3.66. The Morgan fingerprint density at radius 2 is 2.11 bits per heavy atom. The molecule has 19 heavy (non-hydrogen) atoms. The monoisotopic (exact) mass is 283 g/mol. The molecule has 0 aliphatic rings. The molecule has 0 aliphatic heterocycles. The first-order valence-electron chi connectivity index (χ1n) is 5.85. The van der Waals surface area contributed by atoms with E-state index in [2.05, 4.69) is 5.10 Å². The minimum atomic E-state index is -0.538. The Bertz CT molecular complexity index is 610. The van der Waals surface area contributed by atoms with E-state index >= 15 is 0 Å². The van der Waals surface area contributed by atoms with Crippen molar-refractivity contribution in [2.45, 2.75) is 19.8 Å². The predicted octanol–water partition coefficient (Wildman–Crippen LogP) is 3.71. The van der Waals surface area contributed by atoms with Crippen LogP contribution in [-0.2, 0) is 7.05 Å². The number of halogens is 2. The minimum absolute atomic E-state index is 0.0493. The lowest BCUT2D eigenvalue weighted by molar-refractivity contribution is 0.429. The number of rotatable bonds is 3. The number of nitrogens with zero attached hydrogens (tertiary/aromatic N) is 2. The molecule has 2 aromatic rings. The first-order chi connectivity index (χ1) is 8.90. The van der Waals surface area contributed by atoms with Gasteiger partial charge in [0.1, 0.15) is 17.3 Å². The summed E-state index contributed by atoms with van der Waals surface area (Å²) in [6.45, 7) is 3.98. The van der Waals surface area contributed by atoms with Gasteiger partial charge in [0, 0.05) is 13.1 Å². The summed E-state index contributed by atoms with van der Waals surface area (Å²) < 4.78 is 20.5. The van der Waals surface area contributed by atoms with Crippen LogP contribution in [0.4, 0.5) is 10.1 Å². The van der Waals surface area contributed by atoms with Gasteiger partial charge < -0.3 is 10.5 Å². The molecule has 0 fully saturated rings. The molecule has 0 unspecified atom stereocenters. The molecule has 1 aromatic carbocycles. The number of aryl methyl sites for hydroxylation is 1. The van der Waals surface area contributed by atoms with Gasteiger partial charge in [0.15, 0.2) is 0 Å². The average molecular weight is 284 g/mol. The zero-order valence-electron chi connectivity index (χ0n) is 10.9. The van der Waals surface area contributed by atoms with Crippen LogP contribution in [0.5, 0.6) is 11.6 Å². The van der Waals surface area contributed by atoms with Gasteiger partial charge in [-0.2, -0.15) is 5.10 Å². The van der Waals surface area contributed by atoms with Gasteiger partial charge in [0.05, 0.1) is 10.7 Å². The van der Waals surface area contributed by atoms with Gasteiger partial charge in [-0.1, -0.05) is 25.4 Å². The number of nitrogen functional groups attached to an aromatic ring is 1. The second-order valence-electron chi connectivity index (χ2n) is 4.56. The van der Waals surface area contributed by atoms with E-state index in [9.17, 15) is 4.39 Å². The van der Waals surface area contributed by atoms with Crippen molar-refractivity contribution in [3.05, 3.63) is 34.7 Å². The molecule has 0 saturated heterocycles. The van der Waals surface area contributed by atoms with Crippen LogP contribution in [0.15, 0.2) is 18.2 Å². The van der Waals surface area contributed by atoms with Crippen LogP contribution in [0.2, 0.25) is 5.02 Å². The molecule has 0 saturated carbocycles. The molecule has 0 bridgehead atoms. The van der Waals surface area contributed by atoms with Crippen LogP contribution in [0.25, 0.3) is 0 Å². The molecule has 1 aromatic heterocycles. The molecule has 0 radical (unpaired) electrons. The average Bonchev–Trinajstić information content (AvgIpc) is 2.62. The van der Waals surface area contributed by atoms with E-state index in [0.29, 0.717) is 17.3 Å². The second-order valence-corrected chi connectivity index (χ2v) is 4.97. The Labute approximate surface area is 115 Å². The maximum absolute atomic E-state index is 13.4. The first kappa shape index (κ1) is 13.7. The number of ether oxygens (including phenoxy) is 1. The van der Waals surface area contributed by atoms with Crippen LogP contribution in [0.1, 0.15) is 25.5 Å². The van der Waals surface area contributed by atoms with Gasteiger partial charge >= 0.3 is 0 Å². The van der Waals surface area contributed by atoms with Crippen molar-refractivity contribution in [1.29, 1.82) is 0 Å². The van der Waals surface area contributed by atoms with Gasteiger partial charge in [-0.15, -0.1) is 0 Å². The Morgan fingerprint density at radius 3 is 2.63 bits per heavy atom. The molecule has 102 valence electrons. The highest BCUT2D eigenvalue weighted by molar-refractivity contribution is 6.30. The van der Waals surface area contributed by atoms with E-state index in [4.69, 9.17) is 22.1 Å². The number of aromatic nitrogens is 2. The van der Waals surface area contributed by atoms with Crippen LogP contribution in [0.3, 0.4) is 0 Å². The van der Waals surface area contributed by atoms with Crippen molar-refractivity contribution in [2.24, 2.45) is 7.05 Å². The predicted molar refractivity (Wildman–Crippen MR) is 73.2 cm³/mol. The maximum atomic E-state index is 13.4. The highest BCUT2D eigenvalue weighted by Crippen LogP contribution is 2.33. The molecule has 2 rings (SSSR count). The Balaban J connectivity index is 2.35. The SMILES string of the molecule is CC(C)c1nn(C)c(Oc2ccc(Cl)c(F)c2)c1N. The highest BCUT2D eigenvalue weighted by atomic mass is 35.5. The fourth-order valence-corrected chi connectivity index (χ4v) is 1.86. The van der Waals surface area contributed by atoms with Crippen molar-refractivity contribution < 1.29 is 9.13 Å². The number of hydrogen-bond donors (Lipinski definition) is 1. The highest BCUT2D eigenvalue weighted by Gasteiger charge is 2.18. The lowest BCUT2D eigenvalue weighted by Gasteiger charge is -2.07. The normalized spacial score (nSPS) is 11.1. The van der Waals surface area contributed by atoms with Gasteiger partial charge in [-0.25, -0.2) is 9.07 Å². The zero-order valence-corrected chi connectivity index (χ0v) is 11.7. The molecule has 2 N–H and O–H groups in total. The summed E-state index contributed by atoms with van der Waals surface area (Å²) in [6, 6.07) is 4.22. The van der Waals surface area contributed by atoms with E-state index in [1.807, 2.05) is 13.8 Å². The summed E-state index contributed by atoms with van der Waals surface area (Å²) in [5.74, 6) is 0.367. The van der Waals surface area contributed by atoms with Crippen LogP contribution in [-0.4, -0.2) is 9.78 Å². The fraction of sp³-hybridized carbons (Fsp3) is 0.308. The molecular weight excluding hydrogens is 269 g/mol. The van der Waals surface area contributed by atoms with E-state index in [1.54, 1.807) is 13.1 Å². The van der Waals surface area contributed by atoms with Crippen molar-refractivity contribution in [2.75, 3.05) is 5.73 Å². The fourth-order valence-electron chi connectivity index (χ4n) is 1.74. The maximum Gasteiger partial charge on any atom is 0.241 e. The summed E-state index contributed by atoms with van der Waals surface area (Å²) in [5.41, 5.74) is 7.21. The van der Waals surface area contributed by atoms with Crippen LogP contribution < -0.4 is 10.5 Å². The lowest BCUT2D eigenvalue weighted by Crippen LogP contribution is -1.97. The van der Waals surface area contributed by atoms with Crippen LogP contribution in [0, 0.1) is 5.82 Å². The number of nitrogens with two attached hydrogens (primary N) is 1. The quantitative estimate of drug-likeness (QED) is 0.934. The second kappa shape index (κ2) is 5.09. The molecule has 0 spiro atoms. The standard InChI is InChI=1S/C13H15ClFN3O/c1-7(2)12-11(16)13(18(3)17-12)19-8-4-5-9(14)10(15)6-8/h4-7H,16H2,1-3H3. The smallest absolute Gasteiger partial charge is 0.241 e. The zero-order chi connectivity index (χ0) is 14.2. The van der Waals surface area contributed by atoms with Crippen molar-refractivity contribution in [3.8, 4) is 11.6 Å². The summed E-state index contributed by atoms with van der Waals surface area (Å²) in [7, 11) is 1.73. The number of benzene rings is 1. The minimum Gasteiger partial charge on any atom is -0.437 e. The van der Waals surface area contributed by atoms with Gasteiger partial charge in [-0.05, 0) is 18.1 Å². The summed E-state index contributed by atoms with van der Waals surface area (Å²) >= 11 is 5.62. The molecule has 6 heteroatoms. The molecule has 1 heterocycles. The molecule has 4 nitrogen and oxygen atoms in total. The number of hydrogen-bond acceptors (Lipinski definition) is 3. The number of anilines is 1. The molecule has 0 aliphatic carbocycles. The molecule has 0 atom stereocenters. The van der Waals surface area contributed by atoms with E-state index in [0.717, 1.165) is 5.69 Å². The van der Waals surface area contributed by atoms with Gasteiger partial charge in [0.2, 0.25) is 5.88 Å². The van der Waals surface area contributed by atoms with Gasteiger partial charge in [-0.3, -0.25) is 0 Å². The Hall–Kier alpha value is -1.75. The topological polar surface area (TPSA) is 53.1 Å².